The number of amides is 1. The highest BCUT2D eigenvalue weighted by Crippen LogP contribution is 2.20. The number of morpholine rings is 1. The van der Waals surface area contributed by atoms with Crippen molar-refractivity contribution in [2.75, 3.05) is 19.7 Å². The first-order chi connectivity index (χ1) is 8.34. The van der Waals surface area contributed by atoms with Crippen LogP contribution in [0.15, 0.2) is 24.5 Å². The summed E-state index contributed by atoms with van der Waals surface area (Å²) in [6, 6.07) is 4.06. The molecule has 1 aromatic rings. The van der Waals surface area contributed by atoms with Crippen LogP contribution < -0.4 is 5.32 Å². The average Bonchev–Trinajstić information content (AvgIpc) is 2.83. The monoisotopic (exact) mass is 233 g/mol. The Balaban J connectivity index is 1.78. The lowest BCUT2D eigenvalue weighted by atomic mass is 10.1. The van der Waals surface area contributed by atoms with Gasteiger partial charge in [-0.1, -0.05) is 0 Å². The molecule has 5 nitrogen and oxygen atoms in total. The largest absolute Gasteiger partial charge is 0.365 e. The maximum atomic E-state index is 11.9. The van der Waals surface area contributed by atoms with Crippen LogP contribution in [-0.2, 0) is 16.1 Å². The molecular weight excluding hydrogens is 218 g/mol. The van der Waals surface area contributed by atoms with E-state index in [0.29, 0.717) is 6.54 Å². The van der Waals surface area contributed by atoms with Gasteiger partial charge in [-0.2, -0.15) is 0 Å². The van der Waals surface area contributed by atoms with Gasteiger partial charge in [0, 0.05) is 32.0 Å². The second kappa shape index (κ2) is 4.43. The summed E-state index contributed by atoms with van der Waals surface area (Å²) in [6.07, 6.45) is 3.66. The summed E-state index contributed by atoms with van der Waals surface area (Å²) in [5.74, 6) is 0.0757. The summed E-state index contributed by atoms with van der Waals surface area (Å²) in [7, 11) is 0. The molecule has 1 N–H and O–H groups in total. The van der Waals surface area contributed by atoms with Crippen LogP contribution in [0.1, 0.15) is 5.56 Å². The molecule has 0 spiro atoms. The molecule has 0 radical (unpaired) electrons. The number of carbonyl (C=O) groups is 1. The fraction of sp³-hybridized carbons (Fsp3) is 0.500. The van der Waals surface area contributed by atoms with Crippen molar-refractivity contribution in [1.82, 2.24) is 15.2 Å². The van der Waals surface area contributed by atoms with Crippen molar-refractivity contribution in [1.29, 1.82) is 0 Å². The van der Waals surface area contributed by atoms with Crippen LogP contribution in [0.25, 0.3) is 0 Å². The predicted molar refractivity (Wildman–Crippen MR) is 61.2 cm³/mol. The number of aromatic nitrogens is 1. The van der Waals surface area contributed by atoms with Gasteiger partial charge in [0.25, 0.3) is 0 Å². The molecule has 0 saturated carbocycles. The highest BCUT2D eigenvalue weighted by Gasteiger charge is 2.39. The van der Waals surface area contributed by atoms with E-state index < -0.39 is 0 Å². The molecule has 5 heteroatoms. The van der Waals surface area contributed by atoms with Crippen molar-refractivity contribution < 1.29 is 9.53 Å². The molecule has 0 bridgehead atoms. The summed E-state index contributed by atoms with van der Waals surface area (Å²) < 4.78 is 5.52. The van der Waals surface area contributed by atoms with Crippen LogP contribution in [0.4, 0.5) is 0 Å². The van der Waals surface area contributed by atoms with Crippen molar-refractivity contribution in [2.24, 2.45) is 0 Å². The predicted octanol–water partition coefficient (Wildman–Crippen LogP) is -0.219. The molecule has 1 aromatic heterocycles. The molecule has 1 amide bonds. The third-order valence-electron chi connectivity index (χ3n) is 3.37. The van der Waals surface area contributed by atoms with Crippen molar-refractivity contribution in [2.45, 2.75) is 18.7 Å². The summed E-state index contributed by atoms with van der Waals surface area (Å²) in [6.45, 7) is 2.51. The van der Waals surface area contributed by atoms with Gasteiger partial charge < -0.3 is 15.0 Å². The van der Waals surface area contributed by atoms with Crippen LogP contribution in [-0.4, -0.2) is 47.6 Å². The van der Waals surface area contributed by atoms with Crippen LogP contribution >= 0.6 is 0 Å². The minimum Gasteiger partial charge on any atom is -0.365 e. The highest BCUT2D eigenvalue weighted by molar-refractivity contribution is 5.78. The topological polar surface area (TPSA) is 54.5 Å². The standard InChI is InChI=1S/C12H15N3O2/c16-12-8-17-11-6-14-5-10(11)15(12)7-9-1-3-13-4-2-9/h1-4,10-11,14H,5-8H2/t10-,11-/m1/s1. The Kier molecular flexibility index (Phi) is 2.78. The van der Waals surface area contributed by atoms with E-state index >= 15 is 0 Å². The van der Waals surface area contributed by atoms with E-state index in [1.54, 1.807) is 12.4 Å². The highest BCUT2D eigenvalue weighted by atomic mass is 16.5. The van der Waals surface area contributed by atoms with Gasteiger partial charge in [0.15, 0.2) is 0 Å². The third kappa shape index (κ3) is 2.03. The van der Waals surface area contributed by atoms with E-state index in [-0.39, 0.29) is 24.7 Å². The molecule has 0 aliphatic carbocycles. The van der Waals surface area contributed by atoms with Crippen LogP contribution in [0, 0.1) is 0 Å². The number of fused-ring (bicyclic) bond motifs is 1. The zero-order valence-electron chi connectivity index (χ0n) is 9.50. The number of rotatable bonds is 2. The third-order valence-corrected chi connectivity index (χ3v) is 3.37. The summed E-state index contributed by atoms with van der Waals surface area (Å²) in [4.78, 5) is 17.8. The SMILES string of the molecule is O=C1CO[C@@H]2CNC[C@H]2N1Cc1ccncc1. The van der Waals surface area contributed by atoms with Gasteiger partial charge >= 0.3 is 0 Å². The fourth-order valence-electron chi connectivity index (χ4n) is 2.46. The lowest BCUT2D eigenvalue weighted by Crippen LogP contribution is -2.53. The molecule has 2 atom stereocenters. The second-order valence-electron chi connectivity index (χ2n) is 4.45. The average molecular weight is 233 g/mol. The Morgan fingerprint density at radius 1 is 1.41 bits per heavy atom. The van der Waals surface area contributed by atoms with Gasteiger partial charge in [-0.3, -0.25) is 9.78 Å². The normalized spacial score (nSPS) is 28.2. The lowest BCUT2D eigenvalue weighted by molar-refractivity contribution is -0.153. The Bertz CT molecular complexity index is 409. The molecular formula is C12H15N3O2. The van der Waals surface area contributed by atoms with Crippen LogP contribution in [0.2, 0.25) is 0 Å². The minimum absolute atomic E-state index is 0.0757. The molecule has 2 aliphatic rings. The Morgan fingerprint density at radius 3 is 3.06 bits per heavy atom. The van der Waals surface area contributed by atoms with Crippen molar-refractivity contribution in [3.8, 4) is 0 Å². The number of nitrogens with zero attached hydrogens (tertiary/aromatic N) is 2. The van der Waals surface area contributed by atoms with E-state index in [1.807, 2.05) is 17.0 Å². The van der Waals surface area contributed by atoms with Crippen molar-refractivity contribution >= 4 is 5.91 Å². The quantitative estimate of drug-likeness (QED) is 0.767. The van der Waals surface area contributed by atoms with Gasteiger partial charge in [0.05, 0.1) is 12.1 Å². The van der Waals surface area contributed by atoms with Gasteiger partial charge in [-0.05, 0) is 17.7 Å². The molecule has 3 rings (SSSR count). The fourth-order valence-corrected chi connectivity index (χ4v) is 2.46. The first-order valence-electron chi connectivity index (χ1n) is 5.85. The minimum atomic E-state index is 0.0757. The zero-order chi connectivity index (χ0) is 11.7. The zero-order valence-corrected chi connectivity index (χ0v) is 9.50. The number of hydrogen-bond acceptors (Lipinski definition) is 4. The van der Waals surface area contributed by atoms with Crippen LogP contribution in [0.3, 0.4) is 0 Å². The molecule has 2 aliphatic heterocycles. The maximum Gasteiger partial charge on any atom is 0.249 e. The Morgan fingerprint density at radius 2 is 2.24 bits per heavy atom. The van der Waals surface area contributed by atoms with Crippen LogP contribution in [0.5, 0.6) is 0 Å². The number of carbonyl (C=O) groups excluding carboxylic acids is 1. The number of ether oxygens (including phenoxy) is 1. The van der Waals surface area contributed by atoms with Gasteiger partial charge in [-0.15, -0.1) is 0 Å². The number of pyridine rings is 1. The van der Waals surface area contributed by atoms with Gasteiger partial charge in [0.2, 0.25) is 5.91 Å². The molecule has 0 unspecified atom stereocenters. The summed E-state index contributed by atoms with van der Waals surface area (Å²) in [5, 5.41) is 3.27. The molecule has 3 heterocycles. The van der Waals surface area contributed by atoms with E-state index in [2.05, 4.69) is 10.3 Å². The second-order valence-corrected chi connectivity index (χ2v) is 4.45. The molecule has 2 saturated heterocycles. The van der Waals surface area contributed by atoms with Crippen molar-refractivity contribution in [3.05, 3.63) is 30.1 Å². The molecule has 2 fully saturated rings. The number of nitrogens with one attached hydrogen (secondary N) is 1. The van der Waals surface area contributed by atoms with E-state index in [4.69, 9.17) is 4.74 Å². The van der Waals surface area contributed by atoms with E-state index in [1.165, 1.54) is 0 Å². The maximum absolute atomic E-state index is 11.9. The summed E-state index contributed by atoms with van der Waals surface area (Å²) in [5.41, 5.74) is 1.11. The lowest BCUT2D eigenvalue weighted by Gasteiger charge is -2.36. The first-order valence-corrected chi connectivity index (χ1v) is 5.85. The van der Waals surface area contributed by atoms with Crippen molar-refractivity contribution in [3.63, 3.8) is 0 Å². The van der Waals surface area contributed by atoms with E-state index in [9.17, 15) is 4.79 Å². The summed E-state index contributed by atoms with van der Waals surface area (Å²) >= 11 is 0. The molecule has 0 aromatic carbocycles. The van der Waals surface area contributed by atoms with E-state index in [0.717, 1.165) is 18.7 Å². The molecule has 17 heavy (non-hydrogen) atoms. The van der Waals surface area contributed by atoms with Gasteiger partial charge in [-0.25, -0.2) is 0 Å². The smallest absolute Gasteiger partial charge is 0.249 e. The number of hydrogen-bond donors (Lipinski definition) is 1. The first kappa shape index (κ1) is 10.7. The molecule has 90 valence electrons. The Hall–Kier alpha value is -1.46. The Labute approximate surface area is 99.8 Å². The van der Waals surface area contributed by atoms with Gasteiger partial charge in [0.1, 0.15) is 6.61 Å².